The lowest BCUT2D eigenvalue weighted by Gasteiger charge is -2.21. The number of likely N-dealkylation sites (tertiary alicyclic amines) is 1. The molecule has 0 bridgehead atoms. The third-order valence-corrected chi connectivity index (χ3v) is 6.15. The zero-order valence-corrected chi connectivity index (χ0v) is 19.8. The molecular formula is C25H40N4O3. The lowest BCUT2D eigenvalue weighted by molar-refractivity contribution is -0.134. The molecule has 3 rings (SSSR count). The minimum atomic E-state index is 0.253. The summed E-state index contributed by atoms with van der Waals surface area (Å²) in [4.78, 5) is 19.5. The molecule has 0 spiro atoms. The van der Waals surface area contributed by atoms with Crippen LogP contribution in [0.5, 0.6) is 0 Å². The number of aliphatic imine (C=N–C) groups is 1. The maximum atomic E-state index is 12.7. The molecule has 1 aromatic carbocycles. The quantitative estimate of drug-likeness (QED) is 0.312. The number of hydrogen-bond acceptors (Lipinski definition) is 4. The van der Waals surface area contributed by atoms with E-state index in [4.69, 9.17) is 14.5 Å². The number of benzene rings is 1. The van der Waals surface area contributed by atoms with Crippen LogP contribution in [0, 0.1) is 5.92 Å². The third kappa shape index (κ3) is 7.78. The van der Waals surface area contributed by atoms with Crippen molar-refractivity contribution in [3.05, 3.63) is 35.4 Å². The Morgan fingerprint density at radius 3 is 2.69 bits per heavy atom. The molecule has 1 aliphatic carbocycles. The van der Waals surface area contributed by atoms with E-state index in [0.29, 0.717) is 38.9 Å². The minimum absolute atomic E-state index is 0.253. The van der Waals surface area contributed by atoms with Gasteiger partial charge in [0, 0.05) is 38.2 Å². The van der Waals surface area contributed by atoms with Gasteiger partial charge in [0.05, 0.1) is 26.4 Å². The number of amides is 1. The number of nitrogens with zero attached hydrogens (tertiary/aromatic N) is 2. The van der Waals surface area contributed by atoms with Crippen molar-refractivity contribution in [1.29, 1.82) is 0 Å². The van der Waals surface area contributed by atoms with E-state index in [-0.39, 0.29) is 12.0 Å². The van der Waals surface area contributed by atoms with Gasteiger partial charge in [0.25, 0.3) is 0 Å². The second-order valence-electron chi connectivity index (χ2n) is 8.66. The van der Waals surface area contributed by atoms with Crippen molar-refractivity contribution in [2.45, 2.75) is 65.1 Å². The predicted octanol–water partition coefficient (Wildman–Crippen LogP) is 3.09. The molecule has 0 radical (unpaired) electrons. The van der Waals surface area contributed by atoms with Crippen molar-refractivity contribution >= 4 is 11.9 Å². The van der Waals surface area contributed by atoms with Crippen LogP contribution in [0.4, 0.5) is 0 Å². The average Bonchev–Trinajstić information content (AvgIpc) is 3.50. The normalized spacial score (nSPS) is 19.5. The first-order valence-corrected chi connectivity index (χ1v) is 12.3. The van der Waals surface area contributed by atoms with Gasteiger partial charge in [-0.1, -0.05) is 37.1 Å². The summed E-state index contributed by atoms with van der Waals surface area (Å²) in [5.74, 6) is 1.42. The van der Waals surface area contributed by atoms with Crippen LogP contribution in [0.2, 0.25) is 0 Å². The predicted molar refractivity (Wildman–Crippen MR) is 127 cm³/mol. The maximum absolute atomic E-state index is 12.7. The SMILES string of the molecule is CCNC(=NCc1cccc(COCCOCC)c1)NC1CCN(C(=O)C2CCCC2)C1. The molecule has 1 heterocycles. The van der Waals surface area contributed by atoms with Crippen molar-refractivity contribution in [2.24, 2.45) is 10.9 Å². The highest BCUT2D eigenvalue weighted by atomic mass is 16.5. The number of hydrogen-bond donors (Lipinski definition) is 2. The summed E-state index contributed by atoms with van der Waals surface area (Å²) in [5, 5.41) is 6.88. The fourth-order valence-electron chi connectivity index (χ4n) is 4.46. The van der Waals surface area contributed by atoms with Crippen molar-refractivity contribution < 1.29 is 14.3 Å². The van der Waals surface area contributed by atoms with E-state index in [1.807, 2.05) is 11.8 Å². The van der Waals surface area contributed by atoms with Crippen molar-refractivity contribution in [1.82, 2.24) is 15.5 Å². The molecule has 0 aromatic heterocycles. The van der Waals surface area contributed by atoms with Gasteiger partial charge in [-0.3, -0.25) is 4.79 Å². The Hall–Kier alpha value is -2.12. The van der Waals surface area contributed by atoms with E-state index >= 15 is 0 Å². The molecule has 1 saturated heterocycles. The number of carbonyl (C=O) groups excluding carboxylic acids is 1. The molecule has 1 atom stereocenters. The van der Waals surface area contributed by atoms with Gasteiger partial charge in [-0.05, 0) is 44.2 Å². The van der Waals surface area contributed by atoms with E-state index in [1.54, 1.807) is 0 Å². The first kappa shape index (κ1) is 24.5. The number of ether oxygens (including phenoxy) is 2. The van der Waals surface area contributed by atoms with Crippen LogP contribution in [0.1, 0.15) is 57.1 Å². The summed E-state index contributed by atoms with van der Waals surface area (Å²) in [7, 11) is 0. The number of rotatable bonds is 11. The Morgan fingerprint density at radius 2 is 1.91 bits per heavy atom. The van der Waals surface area contributed by atoms with Gasteiger partial charge in [-0.25, -0.2) is 4.99 Å². The highest BCUT2D eigenvalue weighted by molar-refractivity contribution is 5.81. The molecule has 1 amide bonds. The van der Waals surface area contributed by atoms with E-state index in [9.17, 15) is 4.79 Å². The second-order valence-corrected chi connectivity index (χ2v) is 8.66. The molecule has 2 fully saturated rings. The van der Waals surface area contributed by atoms with Gasteiger partial charge in [-0.2, -0.15) is 0 Å². The molecule has 2 N–H and O–H groups in total. The van der Waals surface area contributed by atoms with Gasteiger partial charge in [0.2, 0.25) is 5.91 Å². The van der Waals surface area contributed by atoms with E-state index in [0.717, 1.165) is 56.0 Å². The van der Waals surface area contributed by atoms with Crippen LogP contribution in [0.15, 0.2) is 29.3 Å². The fraction of sp³-hybridized carbons (Fsp3) is 0.680. The molecule has 7 heteroatoms. The molecule has 1 unspecified atom stereocenters. The largest absolute Gasteiger partial charge is 0.379 e. The molecule has 1 aromatic rings. The minimum Gasteiger partial charge on any atom is -0.379 e. The van der Waals surface area contributed by atoms with Crippen LogP contribution >= 0.6 is 0 Å². The molecule has 32 heavy (non-hydrogen) atoms. The van der Waals surface area contributed by atoms with Crippen LogP contribution in [0.3, 0.4) is 0 Å². The highest BCUT2D eigenvalue weighted by Crippen LogP contribution is 2.27. The highest BCUT2D eigenvalue weighted by Gasteiger charge is 2.32. The van der Waals surface area contributed by atoms with Crippen molar-refractivity contribution in [3.63, 3.8) is 0 Å². The summed E-state index contributed by atoms with van der Waals surface area (Å²) >= 11 is 0. The fourth-order valence-corrected chi connectivity index (χ4v) is 4.46. The number of nitrogens with one attached hydrogen (secondary N) is 2. The second kappa shape index (κ2) is 13.4. The summed E-state index contributed by atoms with van der Waals surface area (Å²) in [6.45, 7) is 9.60. The van der Waals surface area contributed by atoms with Crippen LogP contribution in [-0.4, -0.2) is 62.3 Å². The number of guanidine groups is 1. The number of carbonyl (C=O) groups is 1. The lowest BCUT2D eigenvalue weighted by atomic mass is 10.1. The first-order chi connectivity index (χ1) is 15.7. The average molecular weight is 445 g/mol. The molecule has 178 valence electrons. The van der Waals surface area contributed by atoms with E-state index in [1.165, 1.54) is 12.8 Å². The van der Waals surface area contributed by atoms with Gasteiger partial charge in [0.15, 0.2) is 5.96 Å². The molecule has 1 aliphatic heterocycles. The lowest BCUT2D eigenvalue weighted by Crippen LogP contribution is -2.45. The molecule has 1 saturated carbocycles. The Balaban J connectivity index is 1.48. The van der Waals surface area contributed by atoms with Gasteiger partial charge < -0.3 is 25.0 Å². The zero-order chi connectivity index (χ0) is 22.6. The third-order valence-electron chi connectivity index (χ3n) is 6.15. The Labute approximate surface area is 192 Å². The smallest absolute Gasteiger partial charge is 0.225 e. The Kier molecular flexibility index (Phi) is 10.3. The standard InChI is InChI=1S/C25H40N4O3/c1-3-26-25(28-23-12-13-29(18-23)24(30)22-10-5-6-11-22)27-17-20-8-7-9-21(16-20)19-32-15-14-31-4-2/h7-9,16,22-23H,3-6,10-15,17-19H2,1-2H3,(H2,26,27,28). The summed E-state index contributed by atoms with van der Waals surface area (Å²) in [6, 6.07) is 8.62. The Morgan fingerprint density at radius 1 is 1.12 bits per heavy atom. The first-order valence-electron chi connectivity index (χ1n) is 12.3. The molecular weight excluding hydrogens is 404 g/mol. The summed E-state index contributed by atoms with van der Waals surface area (Å²) < 4.78 is 11.0. The zero-order valence-electron chi connectivity index (χ0n) is 19.8. The Bertz CT molecular complexity index is 734. The van der Waals surface area contributed by atoms with E-state index < -0.39 is 0 Å². The van der Waals surface area contributed by atoms with Gasteiger partial charge in [0.1, 0.15) is 0 Å². The molecule has 2 aliphatic rings. The van der Waals surface area contributed by atoms with Gasteiger partial charge >= 0.3 is 0 Å². The van der Waals surface area contributed by atoms with E-state index in [2.05, 4.69) is 41.8 Å². The topological polar surface area (TPSA) is 75.2 Å². The van der Waals surface area contributed by atoms with Crippen molar-refractivity contribution in [3.8, 4) is 0 Å². The van der Waals surface area contributed by atoms with Crippen molar-refractivity contribution in [2.75, 3.05) is 39.5 Å². The van der Waals surface area contributed by atoms with Crippen LogP contribution in [-0.2, 0) is 27.4 Å². The summed E-state index contributed by atoms with van der Waals surface area (Å²) in [6.07, 6.45) is 5.49. The molecule has 7 nitrogen and oxygen atoms in total. The van der Waals surface area contributed by atoms with Crippen LogP contribution < -0.4 is 10.6 Å². The maximum Gasteiger partial charge on any atom is 0.225 e. The van der Waals surface area contributed by atoms with Gasteiger partial charge in [-0.15, -0.1) is 0 Å². The monoisotopic (exact) mass is 444 g/mol. The van der Waals surface area contributed by atoms with Crippen LogP contribution in [0.25, 0.3) is 0 Å². The summed E-state index contributed by atoms with van der Waals surface area (Å²) in [5.41, 5.74) is 2.29.